The van der Waals surface area contributed by atoms with Crippen molar-refractivity contribution in [3.8, 4) is 0 Å². The number of anilines is 1. The van der Waals surface area contributed by atoms with E-state index in [2.05, 4.69) is 10.2 Å². The minimum absolute atomic E-state index is 0. The highest BCUT2D eigenvalue weighted by atomic mass is 35.5. The number of rotatable bonds is 2. The van der Waals surface area contributed by atoms with Crippen molar-refractivity contribution in [3.63, 3.8) is 0 Å². The van der Waals surface area contributed by atoms with Gasteiger partial charge in [0.1, 0.15) is 5.58 Å². The SMILES string of the molecule is C1CCOC1.Cl.NC(=O)c1cc2cc(N3CCNCC3)ccc2o1. The molecule has 2 fully saturated rings. The van der Waals surface area contributed by atoms with Crippen LogP contribution >= 0.6 is 12.4 Å². The number of fused-ring (bicyclic) bond motifs is 1. The van der Waals surface area contributed by atoms with Crippen molar-refractivity contribution in [2.45, 2.75) is 12.8 Å². The first kappa shape index (κ1) is 18.6. The number of carbonyl (C=O) groups is 1. The molecule has 2 aliphatic rings. The predicted octanol–water partition coefficient (Wildman–Crippen LogP) is 2.16. The number of carbonyl (C=O) groups excluding carboxylic acids is 1. The molecule has 1 aromatic carbocycles. The predicted molar refractivity (Wildman–Crippen MR) is 97.1 cm³/mol. The highest BCUT2D eigenvalue weighted by Gasteiger charge is 2.13. The lowest BCUT2D eigenvalue weighted by atomic mass is 10.2. The van der Waals surface area contributed by atoms with E-state index in [1.165, 1.54) is 12.8 Å². The molecule has 6 nitrogen and oxygen atoms in total. The van der Waals surface area contributed by atoms with Gasteiger partial charge in [-0.15, -0.1) is 12.4 Å². The summed E-state index contributed by atoms with van der Waals surface area (Å²) < 4.78 is 10.3. The van der Waals surface area contributed by atoms with Crippen LogP contribution in [0.3, 0.4) is 0 Å². The normalized spacial score (nSPS) is 17.1. The lowest BCUT2D eigenvalue weighted by Crippen LogP contribution is -2.43. The van der Waals surface area contributed by atoms with Gasteiger partial charge in [-0.1, -0.05) is 0 Å². The van der Waals surface area contributed by atoms with Gasteiger partial charge in [0.25, 0.3) is 5.91 Å². The maximum absolute atomic E-state index is 11.1. The monoisotopic (exact) mass is 353 g/mol. The van der Waals surface area contributed by atoms with Gasteiger partial charge in [0, 0.05) is 50.5 Å². The van der Waals surface area contributed by atoms with Crippen LogP contribution in [0, 0.1) is 0 Å². The van der Waals surface area contributed by atoms with Gasteiger partial charge in [-0.2, -0.15) is 0 Å². The summed E-state index contributed by atoms with van der Waals surface area (Å²) in [5.74, 6) is -0.322. The number of nitrogens with one attached hydrogen (secondary N) is 1. The zero-order valence-corrected chi connectivity index (χ0v) is 14.4. The van der Waals surface area contributed by atoms with Crippen molar-refractivity contribution in [3.05, 3.63) is 30.0 Å². The van der Waals surface area contributed by atoms with Gasteiger partial charge in [-0.3, -0.25) is 4.79 Å². The Kier molecular flexibility index (Phi) is 6.90. The van der Waals surface area contributed by atoms with Crippen molar-refractivity contribution < 1.29 is 13.9 Å². The number of hydrogen-bond acceptors (Lipinski definition) is 5. The molecule has 24 heavy (non-hydrogen) atoms. The van der Waals surface area contributed by atoms with E-state index in [1.54, 1.807) is 6.07 Å². The number of furan rings is 1. The zero-order valence-electron chi connectivity index (χ0n) is 13.6. The molecule has 0 radical (unpaired) electrons. The summed E-state index contributed by atoms with van der Waals surface area (Å²) in [4.78, 5) is 13.4. The number of halogens is 1. The van der Waals surface area contributed by atoms with Crippen LogP contribution < -0.4 is 16.0 Å². The molecule has 0 unspecified atom stereocenters. The van der Waals surface area contributed by atoms with Crippen LogP contribution in [0.1, 0.15) is 23.4 Å². The second-order valence-corrected chi connectivity index (χ2v) is 5.75. The van der Waals surface area contributed by atoms with Gasteiger partial charge in [0.05, 0.1) is 0 Å². The molecule has 1 amide bonds. The number of hydrogen-bond donors (Lipinski definition) is 2. The summed E-state index contributed by atoms with van der Waals surface area (Å²) in [7, 11) is 0. The Labute approximate surface area is 147 Å². The molecule has 3 N–H and O–H groups in total. The molecule has 2 aromatic rings. The third-order valence-electron chi connectivity index (χ3n) is 4.05. The summed E-state index contributed by atoms with van der Waals surface area (Å²) in [6.45, 7) is 5.98. The average Bonchev–Trinajstić information content (AvgIpc) is 3.27. The van der Waals surface area contributed by atoms with Gasteiger partial charge in [-0.05, 0) is 37.1 Å². The summed E-state index contributed by atoms with van der Waals surface area (Å²) in [6, 6.07) is 7.64. The quantitative estimate of drug-likeness (QED) is 0.864. The standard InChI is InChI=1S/C13H15N3O2.C4H8O.ClH/c14-13(17)12-8-9-7-10(1-2-11(9)18-12)16-5-3-15-4-6-16;1-2-4-5-3-1;/h1-2,7-8,15H,3-6H2,(H2,14,17);1-4H2;1H. The highest BCUT2D eigenvalue weighted by molar-refractivity contribution is 5.95. The van der Waals surface area contributed by atoms with Crippen LogP contribution in [0.2, 0.25) is 0 Å². The number of ether oxygens (including phenoxy) is 1. The van der Waals surface area contributed by atoms with E-state index in [4.69, 9.17) is 14.9 Å². The fourth-order valence-electron chi connectivity index (χ4n) is 2.78. The molecule has 0 aliphatic carbocycles. The van der Waals surface area contributed by atoms with E-state index in [0.29, 0.717) is 5.58 Å². The molecule has 3 heterocycles. The van der Waals surface area contributed by atoms with E-state index >= 15 is 0 Å². The van der Waals surface area contributed by atoms with E-state index in [-0.39, 0.29) is 18.2 Å². The lowest BCUT2D eigenvalue weighted by Gasteiger charge is -2.29. The summed E-state index contributed by atoms with van der Waals surface area (Å²) >= 11 is 0. The van der Waals surface area contributed by atoms with Gasteiger partial charge in [0.15, 0.2) is 5.76 Å². The molecule has 4 rings (SSSR count). The molecule has 2 saturated heterocycles. The van der Waals surface area contributed by atoms with E-state index in [9.17, 15) is 4.79 Å². The topological polar surface area (TPSA) is 80.7 Å². The molecule has 2 aliphatic heterocycles. The van der Waals surface area contributed by atoms with Crippen LogP contribution in [-0.2, 0) is 4.74 Å². The third kappa shape index (κ3) is 4.63. The summed E-state index contributed by atoms with van der Waals surface area (Å²) in [6.07, 6.45) is 2.56. The molecule has 0 bridgehead atoms. The number of benzene rings is 1. The van der Waals surface area contributed by atoms with Gasteiger partial charge in [-0.25, -0.2) is 0 Å². The van der Waals surface area contributed by atoms with Crippen molar-refractivity contribution in [1.29, 1.82) is 0 Å². The van der Waals surface area contributed by atoms with E-state index in [1.807, 2.05) is 18.2 Å². The van der Waals surface area contributed by atoms with E-state index in [0.717, 1.165) is 50.5 Å². The Balaban J connectivity index is 0.000000300. The van der Waals surface area contributed by atoms with Crippen LogP contribution in [0.4, 0.5) is 5.69 Å². The van der Waals surface area contributed by atoms with Crippen molar-refractivity contribution in [2.75, 3.05) is 44.3 Å². The number of nitrogens with zero attached hydrogens (tertiary/aromatic N) is 1. The number of amides is 1. The Hall–Kier alpha value is -1.76. The smallest absolute Gasteiger partial charge is 0.284 e. The molecule has 1 aromatic heterocycles. The molecule has 0 saturated carbocycles. The van der Waals surface area contributed by atoms with Gasteiger partial charge in [0.2, 0.25) is 0 Å². The minimum atomic E-state index is -0.532. The van der Waals surface area contributed by atoms with Gasteiger partial charge >= 0.3 is 0 Å². The van der Waals surface area contributed by atoms with Crippen LogP contribution in [-0.4, -0.2) is 45.3 Å². The number of primary amides is 1. The molecule has 0 spiro atoms. The number of piperazine rings is 1. The van der Waals surface area contributed by atoms with Crippen LogP contribution in [0.15, 0.2) is 28.7 Å². The molecule has 7 heteroatoms. The largest absolute Gasteiger partial charge is 0.451 e. The molecule has 132 valence electrons. The Bertz CT molecular complexity index is 657. The second-order valence-electron chi connectivity index (χ2n) is 5.75. The minimum Gasteiger partial charge on any atom is -0.451 e. The first-order valence-corrected chi connectivity index (χ1v) is 8.11. The molecular formula is C17H24ClN3O3. The van der Waals surface area contributed by atoms with Crippen LogP contribution in [0.5, 0.6) is 0 Å². The lowest BCUT2D eigenvalue weighted by molar-refractivity contribution is 0.0976. The third-order valence-corrected chi connectivity index (χ3v) is 4.05. The Morgan fingerprint density at radius 1 is 1.12 bits per heavy atom. The number of nitrogens with two attached hydrogens (primary N) is 1. The first-order chi connectivity index (χ1) is 11.2. The van der Waals surface area contributed by atoms with E-state index < -0.39 is 5.91 Å². The van der Waals surface area contributed by atoms with Crippen molar-refractivity contribution in [2.24, 2.45) is 5.73 Å². The van der Waals surface area contributed by atoms with Gasteiger partial charge < -0.3 is 25.1 Å². The Morgan fingerprint density at radius 2 is 1.83 bits per heavy atom. The summed E-state index contributed by atoms with van der Waals surface area (Å²) in [5.41, 5.74) is 7.06. The maximum Gasteiger partial charge on any atom is 0.284 e. The zero-order chi connectivity index (χ0) is 16.1. The van der Waals surface area contributed by atoms with Crippen molar-refractivity contribution >= 4 is 35.0 Å². The average molecular weight is 354 g/mol. The molecular weight excluding hydrogens is 330 g/mol. The van der Waals surface area contributed by atoms with Crippen LogP contribution in [0.25, 0.3) is 11.0 Å². The fraction of sp³-hybridized carbons (Fsp3) is 0.471. The highest BCUT2D eigenvalue weighted by Crippen LogP contribution is 2.25. The van der Waals surface area contributed by atoms with Crippen molar-refractivity contribution in [1.82, 2.24) is 5.32 Å². The maximum atomic E-state index is 11.1. The Morgan fingerprint density at radius 3 is 2.42 bits per heavy atom. The first-order valence-electron chi connectivity index (χ1n) is 8.11. The molecule has 0 atom stereocenters. The summed E-state index contributed by atoms with van der Waals surface area (Å²) in [5, 5.41) is 4.24. The second kappa shape index (κ2) is 8.92. The fourth-order valence-corrected chi connectivity index (χ4v) is 2.78.